The van der Waals surface area contributed by atoms with Crippen LogP contribution in [-0.2, 0) is 0 Å². The quantitative estimate of drug-likeness (QED) is 0.243. The highest BCUT2D eigenvalue weighted by atomic mass is 32.2. The molecule has 0 saturated heterocycles. The smallest absolute Gasteiger partial charge is 0.283 e. The van der Waals surface area contributed by atoms with Gasteiger partial charge >= 0.3 is 0 Å². The van der Waals surface area contributed by atoms with E-state index in [2.05, 4.69) is 5.32 Å². The van der Waals surface area contributed by atoms with Gasteiger partial charge in [-0.2, -0.15) is 0 Å². The van der Waals surface area contributed by atoms with E-state index in [1.165, 1.54) is 49.0 Å². The summed E-state index contributed by atoms with van der Waals surface area (Å²) in [7, 11) is 0. The Kier molecular flexibility index (Phi) is 6.61. The van der Waals surface area contributed by atoms with Gasteiger partial charge in [0.1, 0.15) is 0 Å². The highest BCUT2D eigenvalue weighted by molar-refractivity contribution is 7.98. The minimum absolute atomic E-state index is 0.0876. The Morgan fingerprint density at radius 1 is 0.903 bits per heavy atom. The molecule has 0 aliphatic heterocycles. The fourth-order valence-electron chi connectivity index (χ4n) is 3.00. The van der Waals surface area contributed by atoms with Crippen LogP contribution in [0.2, 0.25) is 0 Å². The number of amides is 1. The van der Waals surface area contributed by atoms with E-state index in [0.717, 1.165) is 0 Å². The molecule has 0 bridgehead atoms. The number of nitrogens with one attached hydrogen (secondary N) is 1. The average molecular weight is 434 g/mol. The minimum Gasteiger partial charge on any atom is -0.322 e. The molecule has 0 radical (unpaired) electrons. The summed E-state index contributed by atoms with van der Waals surface area (Å²) in [6, 6.07) is 16.9. The van der Waals surface area contributed by atoms with Gasteiger partial charge in [-0.15, -0.1) is 11.8 Å². The Morgan fingerprint density at radius 2 is 1.52 bits per heavy atom. The fourth-order valence-corrected chi connectivity index (χ4v) is 3.54. The number of anilines is 1. The lowest BCUT2D eigenvalue weighted by molar-refractivity contribution is -0.387. The zero-order valence-corrected chi connectivity index (χ0v) is 17.6. The van der Waals surface area contributed by atoms with E-state index in [9.17, 15) is 24.5 Å². The van der Waals surface area contributed by atoms with Gasteiger partial charge in [-0.1, -0.05) is 18.2 Å². The fraction of sp³-hybridized carbons (Fsp3) is 0.0870. The number of thioether (sulfide) groups is 1. The van der Waals surface area contributed by atoms with Crippen molar-refractivity contribution in [2.24, 2.45) is 0 Å². The van der Waals surface area contributed by atoms with Crippen molar-refractivity contribution in [2.75, 3.05) is 11.6 Å². The van der Waals surface area contributed by atoms with Crippen LogP contribution in [0.1, 0.15) is 43.6 Å². The van der Waals surface area contributed by atoms with Gasteiger partial charge in [0.15, 0.2) is 11.6 Å². The van der Waals surface area contributed by atoms with Gasteiger partial charge < -0.3 is 5.32 Å². The maximum atomic E-state index is 13.1. The number of Topliss-reactive ketones (excluding diaryl/α,β-unsaturated/α-hetero) is 1. The lowest BCUT2D eigenvalue weighted by atomic mass is 9.97. The summed E-state index contributed by atoms with van der Waals surface area (Å²) in [4.78, 5) is 48.5. The van der Waals surface area contributed by atoms with Crippen molar-refractivity contribution in [2.45, 2.75) is 11.8 Å². The largest absolute Gasteiger partial charge is 0.322 e. The number of benzene rings is 3. The van der Waals surface area contributed by atoms with E-state index < -0.39 is 16.6 Å². The normalized spacial score (nSPS) is 10.4. The first kappa shape index (κ1) is 21.9. The first-order valence-electron chi connectivity index (χ1n) is 9.20. The van der Waals surface area contributed by atoms with Gasteiger partial charge in [-0.25, -0.2) is 0 Å². The van der Waals surface area contributed by atoms with Crippen LogP contribution >= 0.6 is 11.8 Å². The molecule has 0 spiro atoms. The molecule has 1 amide bonds. The molecular weight excluding hydrogens is 416 g/mol. The molecule has 8 heteroatoms. The van der Waals surface area contributed by atoms with Crippen molar-refractivity contribution >= 4 is 40.6 Å². The number of nitro groups is 1. The number of hydrogen-bond acceptors (Lipinski definition) is 6. The van der Waals surface area contributed by atoms with E-state index in [-0.39, 0.29) is 28.2 Å². The molecule has 3 rings (SSSR count). The molecule has 0 unspecified atom stereocenters. The lowest BCUT2D eigenvalue weighted by Gasteiger charge is -2.10. The molecule has 3 aromatic carbocycles. The number of nitrogens with zero attached hydrogens (tertiary/aromatic N) is 1. The van der Waals surface area contributed by atoms with Crippen molar-refractivity contribution in [3.8, 4) is 0 Å². The molecule has 0 saturated carbocycles. The predicted molar refractivity (Wildman–Crippen MR) is 119 cm³/mol. The lowest BCUT2D eigenvalue weighted by Crippen LogP contribution is -2.17. The first-order valence-corrected chi connectivity index (χ1v) is 10.4. The predicted octanol–water partition coefficient (Wildman–Crippen LogP) is 5.00. The maximum Gasteiger partial charge on any atom is 0.283 e. The van der Waals surface area contributed by atoms with Gasteiger partial charge in [-0.05, 0) is 55.6 Å². The highest BCUT2D eigenvalue weighted by Gasteiger charge is 2.22. The van der Waals surface area contributed by atoms with E-state index in [1.807, 2.05) is 0 Å². The van der Waals surface area contributed by atoms with Crippen molar-refractivity contribution in [3.05, 3.63) is 99.1 Å². The third-order valence-corrected chi connectivity index (χ3v) is 5.39. The minimum atomic E-state index is -0.536. The summed E-state index contributed by atoms with van der Waals surface area (Å²) in [5, 5.41) is 14.0. The second-order valence-corrected chi connectivity index (χ2v) is 7.45. The van der Waals surface area contributed by atoms with E-state index in [0.29, 0.717) is 16.1 Å². The van der Waals surface area contributed by atoms with Gasteiger partial charge in [0, 0.05) is 28.4 Å². The second kappa shape index (κ2) is 9.36. The molecule has 156 valence electrons. The van der Waals surface area contributed by atoms with Crippen LogP contribution in [-0.4, -0.2) is 28.7 Å². The van der Waals surface area contributed by atoms with E-state index in [4.69, 9.17) is 0 Å². The molecule has 0 aliphatic carbocycles. The Morgan fingerprint density at radius 3 is 2.10 bits per heavy atom. The summed E-state index contributed by atoms with van der Waals surface area (Å²) in [5.74, 6) is -1.08. The van der Waals surface area contributed by atoms with Gasteiger partial charge in [0.25, 0.3) is 11.6 Å². The standard InChI is InChI=1S/C23H18N2O5S/c1-14(26)15-7-10-17(11-8-15)24-23(28)19-6-4-3-5-18(19)22(27)16-9-12-21(31-2)20(13-16)25(29)30/h3-13H,1-2H3,(H,24,28). The summed E-state index contributed by atoms with van der Waals surface area (Å²) in [6.07, 6.45) is 1.71. The Bertz CT molecular complexity index is 1190. The zero-order chi connectivity index (χ0) is 22.5. The monoisotopic (exact) mass is 434 g/mol. The molecule has 3 aromatic rings. The molecule has 0 heterocycles. The SMILES string of the molecule is CSc1ccc(C(=O)c2ccccc2C(=O)Nc2ccc(C(C)=O)cc2)cc1[N+](=O)[O-]. The summed E-state index contributed by atoms with van der Waals surface area (Å²) in [6.45, 7) is 1.45. The third kappa shape index (κ3) is 4.87. The Labute approximate surface area is 182 Å². The summed E-state index contributed by atoms with van der Waals surface area (Å²) in [5.41, 5.74) is 1.22. The highest BCUT2D eigenvalue weighted by Crippen LogP contribution is 2.29. The number of hydrogen-bond donors (Lipinski definition) is 1. The topological polar surface area (TPSA) is 106 Å². The number of carbonyl (C=O) groups excluding carboxylic acids is 3. The van der Waals surface area contributed by atoms with Gasteiger partial charge in [0.2, 0.25) is 0 Å². The van der Waals surface area contributed by atoms with Crippen LogP contribution in [0, 0.1) is 10.1 Å². The molecule has 0 atom stereocenters. The Balaban J connectivity index is 1.91. The first-order chi connectivity index (χ1) is 14.8. The number of carbonyl (C=O) groups is 3. The van der Waals surface area contributed by atoms with Crippen molar-refractivity contribution in [1.82, 2.24) is 0 Å². The molecule has 0 aliphatic rings. The van der Waals surface area contributed by atoms with Crippen LogP contribution in [0.4, 0.5) is 11.4 Å². The van der Waals surface area contributed by atoms with Crippen molar-refractivity contribution in [3.63, 3.8) is 0 Å². The molecule has 1 N–H and O–H groups in total. The number of ketones is 2. The van der Waals surface area contributed by atoms with Crippen LogP contribution in [0.25, 0.3) is 0 Å². The van der Waals surface area contributed by atoms with Gasteiger partial charge in [-0.3, -0.25) is 24.5 Å². The van der Waals surface area contributed by atoms with Crippen LogP contribution in [0.15, 0.2) is 71.6 Å². The molecular formula is C23H18N2O5S. The zero-order valence-electron chi connectivity index (χ0n) is 16.7. The molecule has 0 fully saturated rings. The van der Waals surface area contributed by atoms with Crippen LogP contribution < -0.4 is 5.32 Å². The summed E-state index contributed by atoms with van der Waals surface area (Å²) < 4.78 is 0. The third-order valence-electron chi connectivity index (χ3n) is 4.60. The van der Waals surface area contributed by atoms with Crippen LogP contribution in [0.5, 0.6) is 0 Å². The second-order valence-electron chi connectivity index (χ2n) is 6.61. The number of rotatable bonds is 7. The Hall–Kier alpha value is -3.78. The van der Waals surface area contributed by atoms with Gasteiger partial charge in [0.05, 0.1) is 15.4 Å². The van der Waals surface area contributed by atoms with Crippen LogP contribution in [0.3, 0.4) is 0 Å². The summed E-state index contributed by atoms with van der Waals surface area (Å²) >= 11 is 1.21. The average Bonchev–Trinajstić information content (AvgIpc) is 2.78. The van der Waals surface area contributed by atoms with E-state index >= 15 is 0 Å². The molecule has 7 nitrogen and oxygen atoms in total. The van der Waals surface area contributed by atoms with Crippen molar-refractivity contribution in [1.29, 1.82) is 0 Å². The van der Waals surface area contributed by atoms with E-state index in [1.54, 1.807) is 42.7 Å². The maximum absolute atomic E-state index is 13.1. The van der Waals surface area contributed by atoms with Crippen molar-refractivity contribution < 1.29 is 19.3 Å². The molecule has 31 heavy (non-hydrogen) atoms. The molecule has 0 aromatic heterocycles. The number of nitro benzene ring substituents is 1.